The number of amides is 1. The standard InChI is InChI=1S/C28H30BrNO2/c1-16(2)20-11-8-12-21(17(3)4)26(20)30-28(31)25-22-10-7-6-9-19(22)15-32-27-23(25)13-18(5)14-24(27)29/h6-14,16-17,25H,15H2,1-5H3,(H,30,31). The van der Waals surface area contributed by atoms with E-state index in [2.05, 4.69) is 73.2 Å². The smallest absolute Gasteiger partial charge is 0.236 e. The zero-order valence-electron chi connectivity index (χ0n) is 19.3. The summed E-state index contributed by atoms with van der Waals surface area (Å²) in [6, 6.07) is 18.5. The van der Waals surface area contributed by atoms with Gasteiger partial charge in [0, 0.05) is 11.3 Å². The topological polar surface area (TPSA) is 38.3 Å². The van der Waals surface area contributed by atoms with Gasteiger partial charge in [-0.1, -0.05) is 76.2 Å². The van der Waals surface area contributed by atoms with Crippen molar-refractivity contribution in [1.82, 2.24) is 0 Å². The molecule has 1 aliphatic heterocycles. The minimum Gasteiger partial charge on any atom is -0.487 e. The van der Waals surface area contributed by atoms with Crippen LogP contribution in [0.5, 0.6) is 5.75 Å². The van der Waals surface area contributed by atoms with E-state index >= 15 is 0 Å². The SMILES string of the molecule is Cc1cc(Br)c2c(c1)C(C(=O)Nc1c(C(C)C)cccc1C(C)C)c1ccccc1CO2. The zero-order valence-corrected chi connectivity index (χ0v) is 20.9. The van der Waals surface area contributed by atoms with Gasteiger partial charge in [0.05, 0.1) is 10.4 Å². The molecule has 1 N–H and O–H groups in total. The number of hydrogen-bond donors (Lipinski definition) is 1. The third-order valence-corrected chi connectivity index (χ3v) is 6.74. The highest BCUT2D eigenvalue weighted by Crippen LogP contribution is 2.43. The first-order valence-corrected chi connectivity index (χ1v) is 12.0. The lowest BCUT2D eigenvalue weighted by molar-refractivity contribution is -0.116. The van der Waals surface area contributed by atoms with Crippen molar-refractivity contribution in [3.63, 3.8) is 0 Å². The predicted molar refractivity (Wildman–Crippen MR) is 135 cm³/mol. The summed E-state index contributed by atoms with van der Waals surface area (Å²) in [6.07, 6.45) is 0. The normalized spacial score (nSPS) is 15.1. The highest BCUT2D eigenvalue weighted by atomic mass is 79.9. The van der Waals surface area contributed by atoms with Crippen molar-refractivity contribution in [2.24, 2.45) is 0 Å². The van der Waals surface area contributed by atoms with Crippen molar-refractivity contribution in [2.45, 2.75) is 59.0 Å². The summed E-state index contributed by atoms with van der Waals surface area (Å²) in [5, 5.41) is 3.35. The lowest BCUT2D eigenvalue weighted by atomic mass is 9.86. The van der Waals surface area contributed by atoms with Crippen LogP contribution in [0.2, 0.25) is 0 Å². The van der Waals surface area contributed by atoms with Gasteiger partial charge in [0.1, 0.15) is 12.4 Å². The quantitative estimate of drug-likeness (QED) is 0.406. The third kappa shape index (κ3) is 4.21. The van der Waals surface area contributed by atoms with Gasteiger partial charge < -0.3 is 10.1 Å². The molecule has 3 aromatic carbocycles. The molecule has 0 spiro atoms. The Kier molecular flexibility index (Phi) is 6.43. The van der Waals surface area contributed by atoms with Gasteiger partial charge >= 0.3 is 0 Å². The van der Waals surface area contributed by atoms with E-state index < -0.39 is 5.92 Å². The van der Waals surface area contributed by atoms with Crippen molar-refractivity contribution in [3.8, 4) is 5.75 Å². The summed E-state index contributed by atoms with van der Waals surface area (Å²) in [6.45, 7) is 11.1. The van der Waals surface area contributed by atoms with Gasteiger partial charge in [-0.15, -0.1) is 0 Å². The summed E-state index contributed by atoms with van der Waals surface area (Å²) in [7, 11) is 0. The van der Waals surface area contributed by atoms with Crippen LogP contribution in [0.25, 0.3) is 0 Å². The number of carbonyl (C=O) groups is 1. The molecule has 4 heteroatoms. The Hall–Kier alpha value is -2.59. The summed E-state index contributed by atoms with van der Waals surface area (Å²) < 4.78 is 7.07. The number of halogens is 1. The molecule has 0 radical (unpaired) electrons. The first-order valence-electron chi connectivity index (χ1n) is 11.2. The Bertz CT molecular complexity index is 1140. The van der Waals surface area contributed by atoms with E-state index in [0.717, 1.165) is 49.3 Å². The Morgan fingerprint density at radius 2 is 1.62 bits per heavy atom. The fourth-order valence-electron chi connectivity index (χ4n) is 4.56. The number of benzene rings is 3. The molecule has 1 aliphatic rings. The molecule has 0 saturated heterocycles. The van der Waals surface area contributed by atoms with Crippen LogP contribution in [0.1, 0.15) is 78.8 Å². The Labute approximate surface area is 199 Å². The molecule has 3 nitrogen and oxygen atoms in total. The molecule has 0 fully saturated rings. The molecule has 1 atom stereocenters. The van der Waals surface area contributed by atoms with Crippen LogP contribution in [-0.4, -0.2) is 5.91 Å². The number of nitrogens with one attached hydrogen (secondary N) is 1. The van der Waals surface area contributed by atoms with Gasteiger partial charge in [-0.25, -0.2) is 0 Å². The van der Waals surface area contributed by atoms with Crippen molar-refractivity contribution >= 4 is 27.5 Å². The van der Waals surface area contributed by atoms with Crippen LogP contribution in [0.3, 0.4) is 0 Å². The van der Waals surface area contributed by atoms with E-state index in [0.29, 0.717) is 18.4 Å². The first-order chi connectivity index (χ1) is 15.3. The summed E-state index contributed by atoms with van der Waals surface area (Å²) in [5.41, 5.74) is 7.28. The highest BCUT2D eigenvalue weighted by molar-refractivity contribution is 9.10. The van der Waals surface area contributed by atoms with Crippen molar-refractivity contribution < 1.29 is 9.53 Å². The average Bonchev–Trinajstić information content (AvgIpc) is 2.90. The lowest BCUT2D eigenvalue weighted by Gasteiger charge is -2.24. The minimum atomic E-state index is -0.458. The summed E-state index contributed by atoms with van der Waals surface area (Å²) in [4.78, 5) is 14.0. The van der Waals surface area contributed by atoms with E-state index in [1.54, 1.807) is 0 Å². The molecule has 32 heavy (non-hydrogen) atoms. The van der Waals surface area contributed by atoms with Gasteiger partial charge in [-0.05, 0) is 68.6 Å². The summed E-state index contributed by atoms with van der Waals surface area (Å²) >= 11 is 3.66. The molecule has 1 heterocycles. The Morgan fingerprint density at radius 3 is 2.28 bits per heavy atom. The molecule has 1 unspecified atom stereocenters. The molecule has 0 aromatic heterocycles. The number of fused-ring (bicyclic) bond motifs is 2. The van der Waals surface area contributed by atoms with Gasteiger partial charge in [-0.2, -0.15) is 0 Å². The number of ether oxygens (including phenoxy) is 1. The second-order valence-corrected chi connectivity index (χ2v) is 10.1. The van der Waals surface area contributed by atoms with Gasteiger partial charge in [0.25, 0.3) is 0 Å². The van der Waals surface area contributed by atoms with Gasteiger partial charge in [0.2, 0.25) is 5.91 Å². The predicted octanol–water partition coefficient (Wildman–Crippen LogP) is 7.67. The maximum Gasteiger partial charge on any atom is 0.236 e. The number of anilines is 1. The molecular weight excluding hydrogens is 462 g/mol. The molecule has 0 aliphatic carbocycles. The maximum absolute atomic E-state index is 14.0. The third-order valence-electron chi connectivity index (χ3n) is 6.15. The van der Waals surface area contributed by atoms with Crippen LogP contribution in [0.15, 0.2) is 59.1 Å². The largest absolute Gasteiger partial charge is 0.487 e. The van der Waals surface area contributed by atoms with Gasteiger partial charge in [0.15, 0.2) is 0 Å². The van der Waals surface area contributed by atoms with Crippen LogP contribution in [0.4, 0.5) is 5.69 Å². The number of rotatable bonds is 4. The molecule has 166 valence electrons. The van der Waals surface area contributed by atoms with Crippen molar-refractivity contribution in [3.05, 3.63) is 92.5 Å². The highest BCUT2D eigenvalue weighted by Gasteiger charge is 2.32. The van der Waals surface area contributed by atoms with Crippen molar-refractivity contribution in [2.75, 3.05) is 5.32 Å². The van der Waals surface area contributed by atoms with Crippen LogP contribution in [0, 0.1) is 6.92 Å². The maximum atomic E-state index is 14.0. The van der Waals surface area contributed by atoms with E-state index in [4.69, 9.17) is 4.74 Å². The van der Waals surface area contributed by atoms with E-state index in [1.807, 2.05) is 37.3 Å². The molecule has 3 aromatic rings. The monoisotopic (exact) mass is 491 g/mol. The van der Waals surface area contributed by atoms with Crippen LogP contribution in [-0.2, 0) is 11.4 Å². The number of carbonyl (C=O) groups excluding carboxylic acids is 1. The van der Waals surface area contributed by atoms with E-state index in [-0.39, 0.29) is 5.91 Å². The summed E-state index contributed by atoms with van der Waals surface area (Å²) in [5.74, 6) is 0.861. The molecule has 4 rings (SSSR count). The second kappa shape index (κ2) is 9.11. The molecule has 0 bridgehead atoms. The molecule has 1 amide bonds. The van der Waals surface area contributed by atoms with Crippen LogP contribution >= 0.6 is 15.9 Å². The number of hydrogen-bond acceptors (Lipinski definition) is 2. The second-order valence-electron chi connectivity index (χ2n) is 9.20. The Balaban J connectivity index is 1.87. The van der Waals surface area contributed by atoms with Crippen molar-refractivity contribution in [1.29, 1.82) is 0 Å². The lowest BCUT2D eigenvalue weighted by Crippen LogP contribution is -2.24. The Morgan fingerprint density at radius 1 is 0.969 bits per heavy atom. The van der Waals surface area contributed by atoms with E-state index in [9.17, 15) is 4.79 Å². The fourth-order valence-corrected chi connectivity index (χ4v) is 5.26. The number of aryl methyl sites for hydroxylation is 1. The molecule has 0 saturated carbocycles. The fraction of sp³-hybridized carbons (Fsp3) is 0.321. The molecular formula is C28H30BrNO2. The average molecular weight is 492 g/mol. The van der Waals surface area contributed by atoms with Crippen LogP contribution < -0.4 is 10.1 Å². The zero-order chi connectivity index (χ0) is 23.0. The number of para-hydroxylation sites is 1. The van der Waals surface area contributed by atoms with Gasteiger partial charge in [-0.3, -0.25) is 4.79 Å². The van der Waals surface area contributed by atoms with E-state index in [1.165, 1.54) is 0 Å². The minimum absolute atomic E-state index is 0.0308. The first kappa shape index (κ1) is 22.6.